The van der Waals surface area contributed by atoms with Crippen molar-refractivity contribution in [2.45, 2.75) is 12.5 Å². The molecule has 0 radical (unpaired) electrons. The highest BCUT2D eigenvalue weighted by Crippen LogP contribution is 2.06. The summed E-state index contributed by atoms with van der Waals surface area (Å²) in [6.45, 7) is 9.48. The smallest absolute Gasteiger partial charge is 0.336 e. The number of aliphatic hydroxyl groups is 1. The van der Waals surface area contributed by atoms with Crippen molar-refractivity contribution >= 4 is 5.97 Å². The van der Waals surface area contributed by atoms with Crippen LogP contribution in [-0.4, -0.2) is 46.3 Å². The molecule has 0 heterocycles. The lowest BCUT2D eigenvalue weighted by atomic mass is 10.1. The summed E-state index contributed by atoms with van der Waals surface area (Å²) >= 11 is 0. The van der Waals surface area contributed by atoms with Gasteiger partial charge in [-0.3, -0.25) is 4.90 Å². The molecule has 0 amide bonds. The summed E-state index contributed by atoms with van der Waals surface area (Å²) in [6, 6.07) is 0. The van der Waals surface area contributed by atoms with Gasteiger partial charge in [0.15, 0.2) is 5.60 Å². The quantitative estimate of drug-likeness (QED) is 0.586. The van der Waals surface area contributed by atoms with Crippen LogP contribution in [-0.2, 0) is 4.79 Å². The Morgan fingerprint density at radius 3 is 2.14 bits per heavy atom. The largest absolute Gasteiger partial charge is 0.479 e. The number of carbonyl (C=O) groups is 1. The van der Waals surface area contributed by atoms with Gasteiger partial charge in [-0.15, -0.1) is 13.2 Å². The summed E-state index contributed by atoms with van der Waals surface area (Å²) in [5.41, 5.74) is -1.73. The van der Waals surface area contributed by atoms with Gasteiger partial charge in [-0.05, 0) is 6.92 Å². The molecule has 0 aromatic rings. The van der Waals surface area contributed by atoms with Crippen LogP contribution in [0.5, 0.6) is 0 Å². The van der Waals surface area contributed by atoms with Crippen molar-refractivity contribution in [2.24, 2.45) is 0 Å². The lowest BCUT2D eigenvalue weighted by molar-refractivity contribution is -0.158. The molecule has 0 aromatic heterocycles. The fourth-order valence-corrected chi connectivity index (χ4v) is 1.07. The Hall–Kier alpha value is -1.13. The minimum atomic E-state index is -1.73. The second-order valence-electron chi connectivity index (χ2n) is 3.35. The van der Waals surface area contributed by atoms with Gasteiger partial charge in [0.1, 0.15) is 0 Å². The molecular formula is C10H17NO3. The van der Waals surface area contributed by atoms with Crippen molar-refractivity contribution in [1.82, 2.24) is 4.90 Å². The summed E-state index contributed by atoms with van der Waals surface area (Å²) in [7, 11) is 0. The standard InChI is InChI=1S/C10H17NO3/c1-4-6-11(7-5-2)8-10(3,14)9(12)13/h4-5,14H,1-2,6-8H2,3H3,(H,12,13). The summed E-state index contributed by atoms with van der Waals surface area (Å²) < 4.78 is 0. The number of carboxylic acid groups (broad SMARTS) is 1. The van der Waals surface area contributed by atoms with E-state index in [1.807, 2.05) is 0 Å². The van der Waals surface area contributed by atoms with E-state index in [0.717, 1.165) is 0 Å². The van der Waals surface area contributed by atoms with Crippen molar-refractivity contribution < 1.29 is 15.0 Å². The highest BCUT2D eigenvalue weighted by atomic mass is 16.4. The molecular weight excluding hydrogens is 182 g/mol. The maximum atomic E-state index is 10.6. The van der Waals surface area contributed by atoms with E-state index in [1.165, 1.54) is 6.92 Å². The third kappa shape index (κ3) is 4.20. The highest BCUT2D eigenvalue weighted by Gasteiger charge is 2.31. The molecule has 4 nitrogen and oxygen atoms in total. The molecule has 0 aliphatic carbocycles. The van der Waals surface area contributed by atoms with Gasteiger partial charge >= 0.3 is 5.97 Å². The Morgan fingerprint density at radius 2 is 1.86 bits per heavy atom. The normalized spacial score (nSPS) is 14.8. The third-order valence-electron chi connectivity index (χ3n) is 1.77. The summed E-state index contributed by atoms with van der Waals surface area (Å²) in [4.78, 5) is 12.4. The average Bonchev–Trinajstić information content (AvgIpc) is 2.04. The number of hydrogen-bond donors (Lipinski definition) is 2. The van der Waals surface area contributed by atoms with E-state index in [1.54, 1.807) is 17.1 Å². The fourth-order valence-electron chi connectivity index (χ4n) is 1.07. The van der Waals surface area contributed by atoms with Crippen LogP contribution in [0.2, 0.25) is 0 Å². The topological polar surface area (TPSA) is 60.8 Å². The van der Waals surface area contributed by atoms with Crippen LogP contribution in [0.4, 0.5) is 0 Å². The predicted octanol–water partition coefficient (Wildman–Crippen LogP) is 0.496. The molecule has 0 aromatic carbocycles. The van der Waals surface area contributed by atoms with Gasteiger partial charge in [0, 0.05) is 19.6 Å². The summed E-state index contributed by atoms with van der Waals surface area (Å²) in [5.74, 6) is -1.23. The number of rotatable bonds is 7. The second-order valence-corrected chi connectivity index (χ2v) is 3.35. The van der Waals surface area contributed by atoms with Gasteiger partial charge in [-0.2, -0.15) is 0 Å². The van der Waals surface area contributed by atoms with Crippen LogP contribution in [0.15, 0.2) is 25.3 Å². The van der Waals surface area contributed by atoms with E-state index in [0.29, 0.717) is 13.1 Å². The minimum Gasteiger partial charge on any atom is -0.479 e. The van der Waals surface area contributed by atoms with Crippen molar-refractivity contribution in [3.05, 3.63) is 25.3 Å². The molecule has 0 aliphatic rings. The van der Waals surface area contributed by atoms with Crippen molar-refractivity contribution in [3.8, 4) is 0 Å². The minimum absolute atomic E-state index is 0.0559. The average molecular weight is 199 g/mol. The van der Waals surface area contributed by atoms with Gasteiger partial charge < -0.3 is 10.2 Å². The fraction of sp³-hybridized carbons (Fsp3) is 0.500. The van der Waals surface area contributed by atoms with Gasteiger partial charge in [-0.1, -0.05) is 12.2 Å². The zero-order valence-corrected chi connectivity index (χ0v) is 8.44. The van der Waals surface area contributed by atoms with E-state index in [9.17, 15) is 9.90 Å². The van der Waals surface area contributed by atoms with Crippen LogP contribution < -0.4 is 0 Å². The predicted molar refractivity (Wildman–Crippen MR) is 55.1 cm³/mol. The molecule has 1 atom stereocenters. The van der Waals surface area contributed by atoms with Crippen molar-refractivity contribution in [1.29, 1.82) is 0 Å². The van der Waals surface area contributed by atoms with Gasteiger partial charge in [0.2, 0.25) is 0 Å². The molecule has 0 aliphatic heterocycles. The zero-order chi connectivity index (χ0) is 11.2. The van der Waals surface area contributed by atoms with Crippen LogP contribution in [0, 0.1) is 0 Å². The highest BCUT2D eigenvalue weighted by molar-refractivity contribution is 5.76. The molecule has 4 heteroatoms. The Bertz CT molecular complexity index is 213. The second kappa shape index (κ2) is 5.57. The Labute approximate surface area is 84.2 Å². The Balaban J connectivity index is 4.33. The van der Waals surface area contributed by atoms with Crippen molar-refractivity contribution in [3.63, 3.8) is 0 Å². The van der Waals surface area contributed by atoms with Gasteiger partial charge in [0.25, 0.3) is 0 Å². The molecule has 2 N–H and O–H groups in total. The van der Waals surface area contributed by atoms with Crippen LogP contribution >= 0.6 is 0 Å². The molecule has 0 saturated heterocycles. The molecule has 80 valence electrons. The first-order chi connectivity index (χ1) is 6.44. The van der Waals surface area contributed by atoms with Gasteiger partial charge in [0.05, 0.1) is 0 Å². The summed E-state index contributed by atoms with van der Waals surface area (Å²) in [6.07, 6.45) is 3.31. The van der Waals surface area contributed by atoms with Crippen LogP contribution in [0.3, 0.4) is 0 Å². The van der Waals surface area contributed by atoms with Gasteiger partial charge in [-0.25, -0.2) is 4.79 Å². The number of carboxylic acids is 1. The molecule has 0 rings (SSSR count). The molecule has 0 spiro atoms. The monoisotopic (exact) mass is 199 g/mol. The van der Waals surface area contributed by atoms with E-state index >= 15 is 0 Å². The van der Waals surface area contributed by atoms with E-state index < -0.39 is 11.6 Å². The third-order valence-corrected chi connectivity index (χ3v) is 1.77. The Morgan fingerprint density at radius 1 is 1.43 bits per heavy atom. The lowest BCUT2D eigenvalue weighted by Crippen LogP contribution is -2.46. The van der Waals surface area contributed by atoms with E-state index in [4.69, 9.17) is 5.11 Å². The summed E-state index contributed by atoms with van der Waals surface area (Å²) in [5, 5.41) is 18.2. The van der Waals surface area contributed by atoms with Crippen molar-refractivity contribution in [2.75, 3.05) is 19.6 Å². The number of hydrogen-bond acceptors (Lipinski definition) is 3. The first-order valence-corrected chi connectivity index (χ1v) is 4.34. The SMILES string of the molecule is C=CCN(CC=C)CC(C)(O)C(=O)O. The van der Waals surface area contributed by atoms with E-state index in [-0.39, 0.29) is 6.54 Å². The first kappa shape index (κ1) is 12.9. The lowest BCUT2D eigenvalue weighted by Gasteiger charge is -2.26. The molecule has 0 fully saturated rings. The molecule has 0 bridgehead atoms. The maximum Gasteiger partial charge on any atom is 0.336 e. The Kier molecular flexibility index (Phi) is 5.12. The maximum absolute atomic E-state index is 10.6. The van der Waals surface area contributed by atoms with E-state index in [2.05, 4.69) is 13.2 Å². The molecule has 1 unspecified atom stereocenters. The first-order valence-electron chi connectivity index (χ1n) is 4.34. The number of aliphatic carboxylic acids is 1. The zero-order valence-electron chi connectivity index (χ0n) is 8.44. The van der Waals surface area contributed by atoms with Crippen LogP contribution in [0.25, 0.3) is 0 Å². The number of nitrogens with zero attached hydrogens (tertiary/aromatic N) is 1. The molecule has 14 heavy (non-hydrogen) atoms. The molecule has 0 saturated carbocycles. The van der Waals surface area contributed by atoms with Crippen LogP contribution in [0.1, 0.15) is 6.92 Å².